The molecule has 0 atom stereocenters. The van der Waals surface area contributed by atoms with Gasteiger partial charge < -0.3 is 25.6 Å². The van der Waals surface area contributed by atoms with Crippen molar-refractivity contribution in [1.29, 1.82) is 0 Å². The second-order valence-corrected chi connectivity index (χ2v) is 7.52. The number of nitrogen functional groups attached to an aromatic ring is 1. The van der Waals surface area contributed by atoms with Gasteiger partial charge in [0.25, 0.3) is 0 Å². The van der Waals surface area contributed by atoms with Gasteiger partial charge in [0, 0.05) is 49.3 Å². The minimum Gasteiger partial charge on any atom is -0.437 e. The van der Waals surface area contributed by atoms with Crippen molar-refractivity contribution in [3.63, 3.8) is 0 Å². The van der Waals surface area contributed by atoms with Crippen molar-refractivity contribution in [1.82, 2.24) is 14.9 Å². The molecule has 1 fully saturated rings. The quantitative estimate of drug-likeness (QED) is 0.568. The smallest absolute Gasteiger partial charge is 0.243 e. The first-order valence-corrected chi connectivity index (χ1v) is 10.4. The first-order chi connectivity index (χ1) is 14.6. The number of rotatable bonds is 6. The van der Waals surface area contributed by atoms with Crippen LogP contribution in [0.25, 0.3) is 0 Å². The Morgan fingerprint density at radius 2 is 1.87 bits per heavy atom. The van der Waals surface area contributed by atoms with Crippen LogP contribution in [0.5, 0.6) is 11.6 Å². The van der Waals surface area contributed by atoms with Crippen LogP contribution in [-0.2, 0) is 0 Å². The Morgan fingerprint density at radius 1 is 1.10 bits per heavy atom. The largest absolute Gasteiger partial charge is 0.437 e. The molecule has 2 heterocycles. The Hall–Kier alpha value is -3.03. The molecule has 1 saturated heterocycles. The Bertz CT molecular complexity index is 989. The van der Waals surface area contributed by atoms with Crippen molar-refractivity contribution < 1.29 is 4.74 Å². The maximum absolute atomic E-state index is 6.20. The van der Waals surface area contributed by atoms with E-state index < -0.39 is 0 Å². The highest BCUT2D eigenvalue weighted by Crippen LogP contribution is 2.29. The second kappa shape index (κ2) is 9.19. The molecular formula is C22H25ClN6O. The highest BCUT2D eigenvalue weighted by atomic mass is 35.5. The molecular weight excluding hydrogens is 400 g/mol. The number of piperazine rings is 1. The van der Waals surface area contributed by atoms with Crippen LogP contribution in [0.2, 0.25) is 5.02 Å². The van der Waals surface area contributed by atoms with Gasteiger partial charge in [0.1, 0.15) is 10.8 Å². The fourth-order valence-electron chi connectivity index (χ4n) is 3.38. The van der Waals surface area contributed by atoms with Crippen LogP contribution >= 0.6 is 11.6 Å². The second-order valence-electron chi connectivity index (χ2n) is 7.11. The van der Waals surface area contributed by atoms with Gasteiger partial charge in [-0.2, -0.15) is 4.98 Å². The Balaban J connectivity index is 1.43. The van der Waals surface area contributed by atoms with Crippen LogP contribution in [0.1, 0.15) is 6.92 Å². The van der Waals surface area contributed by atoms with Crippen molar-refractivity contribution in [2.24, 2.45) is 0 Å². The van der Waals surface area contributed by atoms with Gasteiger partial charge in [-0.05, 0) is 42.9 Å². The molecule has 0 aliphatic carbocycles. The van der Waals surface area contributed by atoms with E-state index in [1.54, 1.807) is 18.2 Å². The van der Waals surface area contributed by atoms with Gasteiger partial charge in [0.05, 0.1) is 6.20 Å². The first-order valence-electron chi connectivity index (χ1n) is 10.0. The number of nitrogens with one attached hydrogen (secondary N) is 1. The molecule has 0 spiro atoms. The van der Waals surface area contributed by atoms with E-state index in [0.717, 1.165) is 38.4 Å². The molecule has 2 aromatic carbocycles. The third kappa shape index (κ3) is 4.93. The number of likely N-dealkylation sites (N-methyl/N-ethyl adjacent to an activating group) is 1. The van der Waals surface area contributed by atoms with Gasteiger partial charge in [-0.1, -0.05) is 24.6 Å². The Morgan fingerprint density at radius 3 is 2.57 bits per heavy atom. The highest BCUT2D eigenvalue weighted by molar-refractivity contribution is 6.31. The lowest BCUT2D eigenvalue weighted by Gasteiger charge is -2.35. The summed E-state index contributed by atoms with van der Waals surface area (Å²) >= 11 is 6.20. The monoisotopic (exact) mass is 424 g/mol. The number of benzene rings is 2. The topological polar surface area (TPSA) is 79.5 Å². The first kappa shape index (κ1) is 20.3. The van der Waals surface area contributed by atoms with E-state index in [1.165, 1.54) is 11.9 Å². The zero-order valence-electron chi connectivity index (χ0n) is 16.9. The Labute approximate surface area is 181 Å². The number of anilines is 4. The zero-order valence-corrected chi connectivity index (χ0v) is 17.6. The third-order valence-corrected chi connectivity index (χ3v) is 5.35. The summed E-state index contributed by atoms with van der Waals surface area (Å²) in [4.78, 5) is 13.5. The number of hydrogen-bond acceptors (Lipinski definition) is 7. The predicted molar refractivity (Wildman–Crippen MR) is 122 cm³/mol. The van der Waals surface area contributed by atoms with Gasteiger partial charge in [-0.15, -0.1) is 0 Å². The van der Waals surface area contributed by atoms with Crippen LogP contribution in [0.4, 0.5) is 23.0 Å². The van der Waals surface area contributed by atoms with Gasteiger partial charge in [0.2, 0.25) is 11.8 Å². The number of ether oxygens (including phenoxy) is 1. The molecule has 1 aliphatic heterocycles. The van der Waals surface area contributed by atoms with E-state index in [1.807, 2.05) is 18.2 Å². The minimum absolute atomic E-state index is 0.269. The average Bonchev–Trinajstić information content (AvgIpc) is 2.77. The summed E-state index contributed by atoms with van der Waals surface area (Å²) in [6, 6.07) is 15.4. The number of aromatic nitrogens is 2. The van der Waals surface area contributed by atoms with E-state index in [0.29, 0.717) is 22.4 Å². The number of nitrogens with two attached hydrogens (primary N) is 1. The van der Waals surface area contributed by atoms with Crippen LogP contribution in [-0.4, -0.2) is 47.6 Å². The Kier molecular flexibility index (Phi) is 6.21. The zero-order chi connectivity index (χ0) is 20.9. The van der Waals surface area contributed by atoms with E-state index in [2.05, 4.69) is 44.1 Å². The normalized spacial score (nSPS) is 14.5. The van der Waals surface area contributed by atoms with Crippen molar-refractivity contribution in [3.05, 3.63) is 59.8 Å². The van der Waals surface area contributed by atoms with Crippen molar-refractivity contribution in [3.8, 4) is 11.6 Å². The maximum Gasteiger partial charge on any atom is 0.243 e. The van der Waals surface area contributed by atoms with Gasteiger partial charge >= 0.3 is 0 Å². The lowest BCUT2D eigenvalue weighted by molar-refractivity contribution is 0.271. The van der Waals surface area contributed by atoms with Crippen LogP contribution in [0.3, 0.4) is 0 Å². The van der Waals surface area contributed by atoms with Crippen molar-refractivity contribution in [2.45, 2.75) is 6.92 Å². The van der Waals surface area contributed by atoms with E-state index >= 15 is 0 Å². The molecule has 0 saturated carbocycles. The average molecular weight is 425 g/mol. The van der Waals surface area contributed by atoms with Gasteiger partial charge in [-0.25, -0.2) is 4.98 Å². The summed E-state index contributed by atoms with van der Waals surface area (Å²) < 4.78 is 5.77. The van der Waals surface area contributed by atoms with E-state index in [-0.39, 0.29) is 5.88 Å². The SMILES string of the molecule is CCN1CCN(c2ccc(Nc3ncc(Cl)c(Oc4cccc(N)c4)n3)cc2)CC1. The van der Waals surface area contributed by atoms with E-state index in [9.17, 15) is 0 Å². The summed E-state index contributed by atoms with van der Waals surface area (Å²) in [6.45, 7) is 7.62. The van der Waals surface area contributed by atoms with Crippen molar-refractivity contribution >= 4 is 34.6 Å². The highest BCUT2D eigenvalue weighted by Gasteiger charge is 2.16. The standard InChI is InChI=1S/C22H25ClN6O/c1-2-28-10-12-29(13-11-28)18-8-6-17(7-9-18)26-22-25-15-20(23)21(27-22)30-19-5-3-4-16(24)14-19/h3-9,14-15H,2,10-13,24H2,1H3,(H,25,26,27). The summed E-state index contributed by atoms with van der Waals surface area (Å²) in [5, 5.41) is 3.53. The van der Waals surface area contributed by atoms with Crippen LogP contribution in [0, 0.1) is 0 Å². The number of nitrogens with zero attached hydrogens (tertiary/aromatic N) is 4. The lowest BCUT2D eigenvalue weighted by atomic mass is 10.2. The summed E-state index contributed by atoms with van der Waals surface area (Å²) in [6.07, 6.45) is 1.51. The lowest BCUT2D eigenvalue weighted by Crippen LogP contribution is -2.46. The molecule has 156 valence electrons. The van der Waals surface area contributed by atoms with Gasteiger partial charge in [-0.3, -0.25) is 0 Å². The molecule has 7 nitrogen and oxygen atoms in total. The molecule has 4 rings (SSSR count). The molecule has 3 aromatic rings. The molecule has 0 radical (unpaired) electrons. The number of halogens is 1. The minimum atomic E-state index is 0.269. The molecule has 1 aromatic heterocycles. The molecule has 3 N–H and O–H groups in total. The van der Waals surface area contributed by atoms with Crippen LogP contribution in [0.15, 0.2) is 54.7 Å². The fourth-order valence-corrected chi connectivity index (χ4v) is 3.51. The maximum atomic E-state index is 6.20. The van der Waals surface area contributed by atoms with E-state index in [4.69, 9.17) is 22.1 Å². The summed E-state index contributed by atoms with van der Waals surface area (Å²) in [5.74, 6) is 1.24. The summed E-state index contributed by atoms with van der Waals surface area (Å²) in [7, 11) is 0. The third-order valence-electron chi connectivity index (χ3n) is 5.09. The van der Waals surface area contributed by atoms with Gasteiger partial charge in [0.15, 0.2) is 0 Å². The molecule has 8 heteroatoms. The predicted octanol–water partition coefficient (Wildman–Crippen LogP) is 4.39. The van der Waals surface area contributed by atoms with Crippen molar-refractivity contribution in [2.75, 3.05) is 48.7 Å². The molecule has 0 amide bonds. The molecule has 0 unspecified atom stereocenters. The summed E-state index contributed by atoms with van der Waals surface area (Å²) in [5.41, 5.74) is 8.52. The molecule has 0 bridgehead atoms. The molecule has 30 heavy (non-hydrogen) atoms. The fraction of sp³-hybridized carbons (Fsp3) is 0.273. The van der Waals surface area contributed by atoms with Crippen LogP contribution < -0.4 is 20.7 Å². The molecule has 1 aliphatic rings. The number of hydrogen-bond donors (Lipinski definition) is 2.